The highest BCUT2D eigenvalue weighted by Crippen LogP contribution is 2.53. The molecule has 202 valence electrons. The Morgan fingerprint density at radius 3 is 2.46 bits per heavy atom. The number of phenols is 1. The van der Waals surface area contributed by atoms with Crippen LogP contribution in [0.15, 0.2) is 53.3 Å². The number of aromatic hydroxyl groups is 1. The van der Waals surface area contributed by atoms with Gasteiger partial charge in [0.05, 0.1) is 17.2 Å². The fourth-order valence-electron chi connectivity index (χ4n) is 5.99. The van der Waals surface area contributed by atoms with Gasteiger partial charge in [-0.2, -0.15) is 0 Å². The van der Waals surface area contributed by atoms with Gasteiger partial charge < -0.3 is 30.9 Å². The number of esters is 1. The Morgan fingerprint density at radius 2 is 1.79 bits per heavy atom. The molecular weight excluding hydrogens is 506 g/mol. The van der Waals surface area contributed by atoms with Crippen molar-refractivity contribution >= 4 is 29.2 Å². The third kappa shape index (κ3) is 3.90. The summed E-state index contributed by atoms with van der Waals surface area (Å²) in [5.41, 5.74) is 3.56. The molecule has 0 aliphatic heterocycles. The summed E-state index contributed by atoms with van der Waals surface area (Å²) in [7, 11) is 0. The molecule has 0 heterocycles. The maximum Gasteiger partial charge on any atom is 0.338 e. The molecule has 0 unspecified atom stereocenters. The quantitative estimate of drug-likeness (QED) is 0.291. The average molecular weight is 534 g/mol. The Labute approximate surface area is 223 Å². The van der Waals surface area contributed by atoms with E-state index >= 15 is 0 Å². The van der Waals surface area contributed by atoms with Gasteiger partial charge in [0.15, 0.2) is 11.4 Å². The number of benzene rings is 2. The summed E-state index contributed by atoms with van der Waals surface area (Å²) in [6.45, 7) is 3.48. The number of primary amides is 1. The number of carbonyl (C=O) groups is 4. The monoisotopic (exact) mass is 533 g/mol. The summed E-state index contributed by atoms with van der Waals surface area (Å²) in [4.78, 5) is 50.4. The van der Waals surface area contributed by atoms with Gasteiger partial charge in [0.1, 0.15) is 22.8 Å². The van der Waals surface area contributed by atoms with Gasteiger partial charge >= 0.3 is 5.97 Å². The Hall–Kier alpha value is -4.44. The van der Waals surface area contributed by atoms with E-state index < -0.39 is 64.4 Å². The molecule has 10 nitrogen and oxygen atoms in total. The van der Waals surface area contributed by atoms with Crippen LogP contribution in [0.25, 0.3) is 16.9 Å². The molecule has 0 spiro atoms. The van der Waals surface area contributed by atoms with Crippen LogP contribution in [-0.2, 0) is 25.5 Å². The van der Waals surface area contributed by atoms with Crippen molar-refractivity contribution in [2.24, 2.45) is 17.6 Å². The van der Waals surface area contributed by atoms with Gasteiger partial charge in [0.25, 0.3) is 5.91 Å². The first-order chi connectivity index (χ1) is 18.4. The normalized spacial score (nSPS) is 24.3. The summed E-state index contributed by atoms with van der Waals surface area (Å²) in [5, 5.41) is 44.0. The molecule has 6 N–H and O–H groups in total. The molecule has 0 aromatic heterocycles. The lowest BCUT2D eigenvalue weighted by atomic mass is 9.59. The number of ketones is 2. The van der Waals surface area contributed by atoms with E-state index in [4.69, 9.17) is 10.5 Å². The average Bonchev–Trinajstić information content (AvgIpc) is 2.86. The number of carbonyl (C=O) groups excluding carboxylic acids is 4. The predicted octanol–water partition coefficient (Wildman–Crippen LogP) is 2.66. The van der Waals surface area contributed by atoms with Crippen molar-refractivity contribution < 1.29 is 44.3 Å². The summed E-state index contributed by atoms with van der Waals surface area (Å²) in [6.07, 6.45) is -0.530. The first-order valence-electron chi connectivity index (χ1n) is 12.5. The zero-order valence-electron chi connectivity index (χ0n) is 21.2. The van der Waals surface area contributed by atoms with E-state index in [9.17, 15) is 39.6 Å². The lowest BCUT2D eigenvalue weighted by molar-refractivity contribution is -0.147. The molecule has 1 saturated carbocycles. The fourth-order valence-corrected chi connectivity index (χ4v) is 5.99. The van der Waals surface area contributed by atoms with E-state index in [-0.39, 0.29) is 35.8 Å². The predicted molar refractivity (Wildman–Crippen MR) is 137 cm³/mol. The molecule has 0 radical (unpaired) electrons. The van der Waals surface area contributed by atoms with Gasteiger partial charge in [-0.25, -0.2) is 4.79 Å². The SMILES string of the molecule is CC(C)OC(=O)c1cccc(-c2ccc(O)c3c2C[C@H]2C[C@H]4CC(=O)C(C(N)=O)=C(O)[C@@]4(O)C(=O)C2=C3O)c1. The summed E-state index contributed by atoms with van der Waals surface area (Å²) in [5.74, 6) is -7.34. The number of hydrogen-bond donors (Lipinski definition) is 5. The summed E-state index contributed by atoms with van der Waals surface area (Å²) >= 11 is 0. The highest BCUT2D eigenvalue weighted by Gasteiger charge is 2.60. The maximum atomic E-state index is 13.6. The van der Waals surface area contributed by atoms with E-state index in [1.165, 1.54) is 6.07 Å². The molecule has 5 rings (SSSR count). The van der Waals surface area contributed by atoms with E-state index in [2.05, 4.69) is 0 Å². The molecule has 1 fully saturated rings. The van der Waals surface area contributed by atoms with Gasteiger partial charge in [-0.05, 0) is 67.5 Å². The van der Waals surface area contributed by atoms with Gasteiger partial charge in [-0.1, -0.05) is 18.2 Å². The van der Waals surface area contributed by atoms with Crippen molar-refractivity contribution in [3.63, 3.8) is 0 Å². The largest absolute Gasteiger partial charge is 0.508 e. The Kier molecular flexibility index (Phi) is 6.10. The van der Waals surface area contributed by atoms with Crippen LogP contribution in [0.3, 0.4) is 0 Å². The fraction of sp³-hybridized carbons (Fsp3) is 0.310. The van der Waals surface area contributed by atoms with Crippen molar-refractivity contribution in [3.8, 4) is 16.9 Å². The molecule has 3 aliphatic rings. The summed E-state index contributed by atoms with van der Waals surface area (Å²) in [6, 6.07) is 9.66. The number of amides is 1. The zero-order chi connectivity index (χ0) is 28.4. The minimum absolute atomic E-state index is 0.0187. The second-order valence-corrected chi connectivity index (χ2v) is 10.4. The highest BCUT2D eigenvalue weighted by molar-refractivity contribution is 6.22. The van der Waals surface area contributed by atoms with E-state index in [0.29, 0.717) is 22.3 Å². The molecule has 3 atom stereocenters. The lowest BCUT2D eigenvalue weighted by Crippen LogP contribution is -2.58. The molecule has 2 aromatic rings. The van der Waals surface area contributed by atoms with Crippen molar-refractivity contribution in [2.45, 2.75) is 44.8 Å². The minimum Gasteiger partial charge on any atom is -0.508 e. The second-order valence-electron chi connectivity index (χ2n) is 10.4. The molecular formula is C29H27NO9. The van der Waals surface area contributed by atoms with E-state index in [0.717, 1.165) is 0 Å². The Balaban J connectivity index is 1.65. The van der Waals surface area contributed by atoms with Gasteiger partial charge in [0.2, 0.25) is 5.78 Å². The number of hydrogen-bond acceptors (Lipinski definition) is 9. The Morgan fingerprint density at radius 1 is 1.08 bits per heavy atom. The van der Waals surface area contributed by atoms with Gasteiger partial charge in [0, 0.05) is 17.9 Å². The topological polar surface area (TPSA) is 184 Å². The minimum atomic E-state index is -2.62. The standard InChI is InChI=1S/C29H27NO9/c1-12(2)39-28(37)14-5-3-4-13(8-14)17-6-7-19(31)22-18(17)10-15-9-16-11-20(32)23(27(30)36)26(35)29(16,38)25(34)21(15)24(22)33/h3-8,12,15-16,31,33,35,38H,9-11H2,1-2H3,(H2,30,36)/t15-,16+,29+/m1/s1. The first kappa shape index (κ1) is 26.2. The van der Waals surface area contributed by atoms with Gasteiger partial charge in [-0.15, -0.1) is 0 Å². The molecule has 2 aromatic carbocycles. The molecule has 1 amide bonds. The van der Waals surface area contributed by atoms with Crippen LogP contribution in [0.5, 0.6) is 5.75 Å². The first-order valence-corrected chi connectivity index (χ1v) is 12.5. The second kappa shape index (κ2) is 9.09. The van der Waals surface area contributed by atoms with Crippen LogP contribution < -0.4 is 5.73 Å². The van der Waals surface area contributed by atoms with Crippen molar-refractivity contribution in [1.29, 1.82) is 0 Å². The van der Waals surface area contributed by atoms with Crippen LogP contribution in [0.4, 0.5) is 0 Å². The van der Waals surface area contributed by atoms with Crippen LogP contribution in [0.2, 0.25) is 0 Å². The van der Waals surface area contributed by atoms with Crippen molar-refractivity contribution in [3.05, 3.63) is 70.0 Å². The number of aliphatic hydroxyl groups excluding tert-OH is 2. The molecule has 0 saturated heterocycles. The Bertz CT molecular complexity index is 1530. The molecule has 10 heteroatoms. The molecule has 39 heavy (non-hydrogen) atoms. The van der Waals surface area contributed by atoms with Crippen molar-refractivity contribution in [1.82, 2.24) is 0 Å². The molecule has 3 aliphatic carbocycles. The van der Waals surface area contributed by atoms with Crippen LogP contribution in [0.1, 0.15) is 48.2 Å². The highest BCUT2D eigenvalue weighted by atomic mass is 16.5. The number of ether oxygens (including phenoxy) is 1. The number of phenolic OH excluding ortho intramolecular Hbond substituents is 1. The third-order valence-corrected chi connectivity index (χ3v) is 7.70. The number of fused-ring (bicyclic) bond motifs is 3. The number of Topliss-reactive ketones (excluding diaryl/α,β-unsaturated/α-hetero) is 2. The van der Waals surface area contributed by atoms with Crippen LogP contribution in [0, 0.1) is 11.8 Å². The van der Waals surface area contributed by atoms with E-state index in [1.54, 1.807) is 44.2 Å². The number of rotatable bonds is 4. The van der Waals surface area contributed by atoms with E-state index in [1.807, 2.05) is 0 Å². The van der Waals surface area contributed by atoms with Gasteiger partial charge in [-0.3, -0.25) is 14.4 Å². The maximum absolute atomic E-state index is 13.6. The third-order valence-electron chi connectivity index (χ3n) is 7.70. The molecule has 0 bridgehead atoms. The van der Waals surface area contributed by atoms with Crippen molar-refractivity contribution in [2.75, 3.05) is 0 Å². The van der Waals surface area contributed by atoms with Crippen LogP contribution in [-0.4, -0.2) is 55.6 Å². The lowest BCUT2D eigenvalue weighted by Gasteiger charge is -2.46. The number of aliphatic hydroxyl groups is 3. The van der Waals surface area contributed by atoms with Crippen LogP contribution >= 0.6 is 0 Å². The number of nitrogens with two attached hydrogens (primary N) is 1. The summed E-state index contributed by atoms with van der Waals surface area (Å²) < 4.78 is 5.29. The smallest absolute Gasteiger partial charge is 0.338 e. The zero-order valence-corrected chi connectivity index (χ0v) is 21.2.